The number of nitrogens with one attached hydrogen (secondary N) is 2. The Morgan fingerprint density at radius 1 is 1.00 bits per heavy atom. The maximum absolute atomic E-state index is 13.2. The fourth-order valence-electron chi connectivity index (χ4n) is 4.04. The number of amides is 1. The van der Waals surface area contributed by atoms with Gasteiger partial charge in [0.1, 0.15) is 28.5 Å². The predicted molar refractivity (Wildman–Crippen MR) is 166 cm³/mol. The van der Waals surface area contributed by atoms with Crippen LogP contribution in [0, 0.1) is 22.7 Å². The van der Waals surface area contributed by atoms with Gasteiger partial charge >= 0.3 is 0 Å². The average Bonchev–Trinajstić information content (AvgIpc) is 3.00. The van der Waals surface area contributed by atoms with Crippen LogP contribution in [0.25, 0.3) is 11.1 Å². The second-order valence-electron chi connectivity index (χ2n) is 9.08. The first kappa shape index (κ1) is 31.3. The molecule has 0 radical (unpaired) electrons. The first-order valence-corrected chi connectivity index (χ1v) is 15.7. The molecule has 0 saturated carbocycles. The minimum atomic E-state index is -3.97. The number of sulfonamides is 1. The smallest absolute Gasteiger partial charge is 0.263 e. The molecule has 14 heteroatoms. The predicted octanol–water partition coefficient (Wildman–Crippen LogP) is 5.39. The lowest BCUT2D eigenvalue weighted by molar-refractivity contribution is -0.115. The molecule has 4 rings (SSSR count). The SMILES string of the molecule is CCc1ccc(-c2c(C#N)c(N)nc(SC(CC)C(=O)Nc3ccc(S(=O)(=O)Nc4ccc(Cl)nn4)cc3)c2C#N)cc1. The molecular weight excluding hydrogens is 608 g/mol. The minimum absolute atomic E-state index is 0.000453. The van der Waals surface area contributed by atoms with Crippen molar-refractivity contribution in [1.82, 2.24) is 15.2 Å². The number of hydrogen-bond donors (Lipinski definition) is 3. The third-order valence-electron chi connectivity index (χ3n) is 6.29. The van der Waals surface area contributed by atoms with Crippen molar-refractivity contribution in [2.24, 2.45) is 0 Å². The number of pyridine rings is 1. The maximum atomic E-state index is 13.2. The fourth-order valence-corrected chi connectivity index (χ4v) is 6.16. The summed E-state index contributed by atoms with van der Waals surface area (Å²) in [6, 6.07) is 20.1. The molecule has 0 fully saturated rings. The van der Waals surface area contributed by atoms with E-state index in [1.807, 2.05) is 38.1 Å². The molecule has 2 aromatic carbocycles. The number of carbonyl (C=O) groups is 1. The molecule has 0 aliphatic heterocycles. The Bertz CT molecular complexity index is 1840. The topological polar surface area (TPSA) is 188 Å². The summed E-state index contributed by atoms with van der Waals surface area (Å²) in [5.74, 6) is -0.427. The summed E-state index contributed by atoms with van der Waals surface area (Å²) in [6.45, 7) is 3.83. The number of nitriles is 2. The molecule has 1 unspecified atom stereocenters. The van der Waals surface area contributed by atoms with Crippen LogP contribution in [-0.2, 0) is 21.2 Å². The van der Waals surface area contributed by atoms with E-state index < -0.39 is 15.3 Å². The lowest BCUT2D eigenvalue weighted by atomic mass is 9.96. The van der Waals surface area contributed by atoms with Crippen LogP contribution in [0.4, 0.5) is 17.3 Å². The van der Waals surface area contributed by atoms with Crippen LogP contribution >= 0.6 is 23.4 Å². The number of thioether (sulfide) groups is 1. The number of rotatable bonds is 10. The molecule has 11 nitrogen and oxygen atoms in total. The van der Waals surface area contributed by atoms with Crippen molar-refractivity contribution in [3.63, 3.8) is 0 Å². The van der Waals surface area contributed by atoms with Gasteiger partial charge in [-0.15, -0.1) is 10.2 Å². The molecule has 4 N–H and O–H groups in total. The summed E-state index contributed by atoms with van der Waals surface area (Å²) in [5, 5.41) is 29.6. The van der Waals surface area contributed by atoms with Crippen LogP contribution in [0.5, 0.6) is 0 Å². The zero-order chi connectivity index (χ0) is 31.1. The number of halogens is 1. The van der Waals surface area contributed by atoms with Crippen LogP contribution in [0.15, 0.2) is 70.6 Å². The molecule has 43 heavy (non-hydrogen) atoms. The van der Waals surface area contributed by atoms with Gasteiger partial charge in [0, 0.05) is 11.3 Å². The lowest BCUT2D eigenvalue weighted by Gasteiger charge is -2.18. The van der Waals surface area contributed by atoms with Crippen LogP contribution in [-0.4, -0.2) is 34.8 Å². The molecule has 0 aliphatic carbocycles. The molecule has 218 valence electrons. The van der Waals surface area contributed by atoms with E-state index in [0.29, 0.717) is 23.2 Å². The van der Waals surface area contributed by atoms with E-state index in [-0.39, 0.29) is 43.7 Å². The van der Waals surface area contributed by atoms with Crippen molar-refractivity contribution < 1.29 is 13.2 Å². The molecule has 0 spiro atoms. The Hall–Kier alpha value is -4.69. The van der Waals surface area contributed by atoms with Gasteiger partial charge in [-0.3, -0.25) is 9.52 Å². The highest BCUT2D eigenvalue weighted by molar-refractivity contribution is 8.00. The van der Waals surface area contributed by atoms with E-state index in [1.165, 1.54) is 36.4 Å². The van der Waals surface area contributed by atoms with E-state index in [9.17, 15) is 23.7 Å². The van der Waals surface area contributed by atoms with Crippen LogP contribution in [0.2, 0.25) is 5.15 Å². The molecule has 1 amide bonds. The first-order chi connectivity index (χ1) is 20.6. The zero-order valence-electron chi connectivity index (χ0n) is 23.0. The van der Waals surface area contributed by atoms with Crippen LogP contribution in [0.3, 0.4) is 0 Å². The normalized spacial score (nSPS) is 11.7. The molecule has 2 aromatic heterocycles. The Balaban J connectivity index is 1.55. The Morgan fingerprint density at radius 2 is 1.67 bits per heavy atom. The molecule has 2 heterocycles. The number of hydrogen-bond acceptors (Lipinski definition) is 10. The lowest BCUT2D eigenvalue weighted by Crippen LogP contribution is -2.25. The highest BCUT2D eigenvalue weighted by Gasteiger charge is 2.26. The Labute approximate surface area is 258 Å². The first-order valence-electron chi connectivity index (χ1n) is 12.9. The number of nitrogens with zero attached hydrogens (tertiary/aromatic N) is 5. The number of nitrogen functional groups attached to an aromatic ring is 1. The largest absolute Gasteiger partial charge is 0.383 e. The van der Waals surface area contributed by atoms with Crippen molar-refractivity contribution in [3.8, 4) is 23.3 Å². The zero-order valence-corrected chi connectivity index (χ0v) is 25.4. The van der Waals surface area contributed by atoms with Gasteiger partial charge in [0.05, 0.1) is 15.7 Å². The number of carbonyl (C=O) groups excluding carboxylic acids is 1. The van der Waals surface area contributed by atoms with E-state index in [1.54, 1.807) is 0 Å². The van der Waals surface area contributed by atoms with E-state index in [2.05, 4.69) is 37.4 Å². The summed E-state index contributed by atoms with van der Waals surface area (Å²) in [4.78, 5) is 17.5. The summed E-state index contributed by atoms with van der Waals surface area (Å²) in [5.41, 5.74) is 8.86. The Kier molecular flexibility index (Phi) is 9.83. The molecule has 0 aliphatic rings. The standard InChI is InChI=1S/C29H25ClN8O3S2/c1-3-17-5-7-18(8-6-17)26-21(15-31)27(33)35-29(22(26)16-32)42-23(4-2)28(39)34-19-9-11-20(12-10-19)43(40,41)38-25-14-13-24(30)36-37-25/h5-14,23H,3-4H2,1-2H3,(H2,33,35)(H,34,39)(H,37,38). The second-order valence-corrected chi connectivity index (χ2v) is 12.3. The van der Waals surface area contributed by atoms with Gasteiger partial charge in [0.25, 0.3) is 10.0 Å². The van der Waals surface area contributed by atoms with Crippen molar-refractivity contribution >= 4 is 56.6 Å². The van der Waals surface area contributed by atoms with Crippen molar-refractivity contribution in [2.45, 2.75) is 41.9 Å². The molecule has 0 bridgehead atoms. The van der Waals surface area contributed by atoms with Gasteiger partial charge in [0.15, 0.2) is 11.0 Å². The van der Waals surface area contributed by atoms with Gasteiger partial charge in [-0.1, -0.05) is 61.5 Å². The monoisotopic (exact) mass is 632 g/mol. The molecule has 4 aromatic rings. The molecule has 0 saturated heterocycles. The number of aromatic nitrogens is 3. The van der Waals surface area contributed by atoms with E-state index >= 15 is 0 Å². The van der Waals surface area contributed by atoms with Crippen molar-refractivity contribution in [2.75, 3.05) is 15.8 Å². The maximum Gasteiger partial charge on any atom is 0.263 e. The van der Waals surface area contributed by atoms with Gasteiger partial charge in [-0.05, 0) is 60.4 Å². The van der Waals surface area contributed by atoms with E-state index in [4.69, 9.17) is 17.3 Å². The van der Waals surface area contributed by atoms with Gasteiger partial charge in [-0.25, -0.2) is 13.4 Å². The van der Waals surface area contributed by atoms with Gasteiger partial charge < -0.3 is 11.1 Å². The number of anilines is 3. The third kappa shape index (κ3) is 7.21. The molecular formula is C29H25ClN8O3S2. The quantitative estimate of drug-likeness (QED) is 0.191. The van der Waals surface area contributed by atoms with Crippen molar-refractivity contribution in [1.29, 1.82) is 10.5 Å². The third-order valence-corrected chi connectivity index (χ3v) is 9.21. The summed E-state index contributed by atoms with van der Waals surface area (Å²) < 4.78 is 27.7. The van der Waals surface area contributed by atoms with E-state index in [0.717, 1.165) is 23.7 Å². The fraction of sp³-hybridized carbons (Fsp3) is 0.172. The number of aryl methyl sites for hydroxylation is 1. The minimum Gasteiger partial charge on any atom is -0.383 e. The summed E-state index contributed by atoms with van der Waals surface area (Å²) in [7, 11) is -3.97. The van der Waals surface area contributed by atoms with Crippen LogP contribution < -0.4 is 15.8 Å². The van der Waals surface area contributed by atoms with Crippen LogP contribution in [0.1, 0.15) is 37.0 Å². The number of nitrogens with two attached hydrogens (primary N) is 1. The van der Waals surface area contributed by atoms with Gasteiger partial charge in [-0.2, -0.15) is 10.5 Å². The molecule has 1 atom stereocenters. The Morgan fingerprint density at radius 3 is 2.23 bits per heavy atom. The summed E-state index contributed by atoms with van der Waals surface area (Å²) >= 11 is 6.75. The highest BCUT2D eigenvalue weighted by Crippen LogP contribution is 2.38. The number of benzene rings is 2. The highest BCUT2D eigenvalue weighted by atomic mass is 35.5. The van der Waals surface area contributed by atoms with Gasteiger partial charge in [0.2, 0.25) is 5.91 Å². The summed E-state index contributed by atoms with van der Waals surface area (Å²) in [6.07, 6.45) is 1.21. The average molecular weight is 633 g/mol. The second kappa shape index (κ2) is 13.5. The van der Waals surface area contributed by atoms with Crippen molar-refractivity contribution in [3.05, 3.63) is 82.5 Å².